The van der Waals surface area contributed by atoms with Gasteiger partial charge in [-0.3, -0.25) is 4.79 Å². The Kier molecular flexibility index (Phi) is 8.44. The van der Waals surface area contributed by atoms with Gasteiger partial charge in [0.2, 0.25) is 0 Å². The standard InChI is InChI=1S/C19H26N6O3/c1-2-4-13(11-26)24-19-17(10-22-18(9-21)25-19)28-12-14-5-3-6-15(23-14)16(27)7-8-20/h3,5-6,9-10,13,21,26H,2,4,7-8,11-12,20H2,1H3,(H,22,24,25)/t13-/m0/s1. The molecule has 0 bridgehead atoms. The predicted octanol–water partition coefficient (Wildman–Crippen LogP) is 1.55. The van der Waals surface area contributed by atoms with Gasteiger partial charge in [-0.25, -0.2) is 15.0 Å². The van der Waals surface area contributed by atoms with E-state index in [0.29, 0.717) is 23.0 Å². The topological polar surface area (TPSA) is 147 Å². The highest BCUT2D eigenvalue weighted by Gasteiger charge is 2.14. The van der Waals surface area contributed by atoms with Crippen molar-refractivity contribution in [1.29, 1.82) is 5.41 Å². The summed E-state index contributed by atoms with van der Waals surface area (Å²) in [6.07, 6.45) is 4.40. The van der Waals surface area contributed by atoms with Crippen LogP contribution in [0.15, 0.2) is 24.4 Å². The number of nitrogens with two attached hydrogens (primary N) is 1. The van der Waals surface area contributed by atoms with E-state index in [1.54, 1.807) is 18.2 Å². The van der Waals surface area contributed by atoms with Crippen molar-refractivity contribution in [2.45, 2.75) is 38.8 Å². The van der Waals surface area contributed by atoms with Gasteiger partial charge >= 0.3 is 0 Å². The fourth-order valence-corrected chi connectivity index (χ4v) is 2.54. The molecule has 0 aromatic carbocycles. The van der Waals surface area contributed by atoms with Crippen LogP contribution in [0.4, 0.5) is 5.82 Å². The number of nitrogens with one attached hydrogen (secondary N) is 2. The van der Waals surface area contributed by atoms with Crippen LogP contribution in [0, 0.1) is 5.41 Å². The lowest BCUT2D eigenvalue weighted by Gasteiger charge is -2.18. The van der Waals surface area contributed by atoms with Crippen LogP contribution < -0.4 is 15.8 Å². The molecule has 0 amide bonds. The number of ketones is 1. The average Bonchev–Trinajstić information content (AvgIpc) is 2.72. The first-order valence-electron chi connectivity index (χ1n) is 9.18. The number of carbonyl (C=O) groups excluding carboxylic acids is 1. The molecule has 0 unspecified atom stereocenters. The molecule has 9 nitrogen and oxygen atoms in total. The van der Waals surface area contributed by atoms with Crippen molar-refractivity contribution >= 4 is 17.8 Å². The smallest absolute Gasteiger partial charge is 0.182 e. The normalized spacial score (nSPS) is 11.7. The van der Waals surface area contributed by atoms with Gasteiger partial charge in [0.1, 0.15) is 12.3 Å². The zero-order chi connectivity index (χ0) is 20.4. The summed E-state index contributed by atoms with van der Waals surface area (Å²) in [7, 11) is 0. The van der Waals surface area contributed by atoms with Gasteiger partial charge in [-0.2, -0.15) is 0 Å². The summed E-state index contributed by atoms with van der Waals surface area (Å²) >= 11 is 0. The minimum absolute atomic E-state index is 0.0515. The third-order valence-electron chi connectivity index (χ3n) is 3.94. The number of aliphatic hydroxyl groups is 1. The van der Waals surface area contributed by atoms with Crippen LogP contribution in [0.2, 0.25) is 0 Å². The molecule has 5 N–H and O–H groups in total. The maximum atomic E-state index is 12.0. The highest BCUT2D eigenvalue weighted by atomic mass is 16.5. The summed E-state index contributed by atoms with van der Waals surface area (Å²) in [5, 5.41) is 20.0. The van der Waals surface area contributed by atoms with E-state index in [0.717, 1.165) is 19.1 Å². The first-order valence-corrected chi connectivity index (χ1v) is 9.18. The van der Waals surface area contributed by atoms with Crippen LogP contribution >= 0.6 is 0 Å². The Morgan fingerprint density at radius 1 is 1.43 bits per heavy atom. The van der Waals surface area contributed by atoms with E-state index in [1.807, 2.05) is 6.92 Å². The Labute approximate surface area is 163 Å². The second-order valence-electron chi connectivity index (χ2n) is 6.16. The van der Waals surface area contributed by atoms with Crippen LogP contribution in [-0.4, -0.2) is 51.2 Å². The van der Waals surface area contributed by atoms with Crippen molar-refractivity contribution in [2.75, 3.05) is 18.5 Å². The number of rotatable bonds is 12. The number of hydrogen-bond donors (Lipinski definition) is 4. The molecule has 0 spiro atoms. The molecule has 150 valence electrons. The van der Waals surface area contributed by atoms with E-state index in [4.69, 9.17) is 15.9 Å². The van der Waals surface area contributed by atoms with Gasteiger partial charge in [-0.05, 0) is 25.1 Å². The zero-order valence-electron chi connectivity index (χ0n) is 15.9. The predicted molar refractivity (Wildman–Crippen MR) is 106 cm³/mol. The van der Waals surface area contributed by atoms with E-state index >= 15 is 0 Å². The number of ether oxygens (including phenoxy) is 1. The van der Waals surface area contributed by atoms with Crippen LogP contribution in [-0.2, 0) is 6.61 Å². The number of aromatic nitrogens is 3. The molecule has 0 fully saturated rings. The van der Waals surface area contributed by atoms with Crippen molar-refractivity contribution in [2.24, 2.45) is 5.73 Å². The molecule has 2 rings (SSSR count). The Hall–Kier alpha value is -2.91. The second-order valence-corrected chi connectivity index (χ2v) is 6.16. The summed E-state index contributed by atoms with van der Waals surface area (Å²) in [5.41, 5.74) is 6.36. The van der Waals surface area contributed by atoms with E-state index in [2.05, 4.69) is 20.3 Å². The van der Waals surface area contributed by atoms with Gasteiger partial charge in [-0.15, -0.1) is 0 Å². The number of Topliss-reactive ketones (excluding diaryl/α,β-unsaturated/α-hetero) is 1. The molecular formula is C19H26N6O3. The SMILES string of the molecule is CCC[C@@H](CO)Nc1nc(C=N)ncc1OCc1cccc(C(=O)CCN)n1. The van der Waals surface area contributed by atoms with Crippen molar-refractivity contribution < 1.29 is 14.6 Å². The zero-order valence-corrected chi connectivity index (χ0v) is 15.9. The first kappa shape index (κ1) is 21.4. The van der Waals surface area contributed by atoms with E-state index in [-0.39, 0.29) is 43.8 Å². The molecule has 0 radical (unpaired) electrons. The van der Waals surface area contributed by atoms with Gasteiger partial charge in [0.15, 0.2) is 23.2 Å². The summed E-state index contributed by atoms with van der Waals surface area (Å²) in [4.78, 5) is 24.6. The third-order valence-corrected chi connectivity index (χ3v) is 3.94. The molecule has 2 aromatic rings. The molecule has 1 atom stereocenters. The molecule has 28 heavy (non-hydrogen) atoms. The Morgan fingerprint density at radius 2 is 2.25 bits per heavy atom. The van der Waals surface area contributed by atoms with Gasteiger partial charge in [0.25, 0.3) is 0 Å². The summed E-state index contributed by atoms with van der Waals surface area (Å²) in [6.45, 7) is 2.36. The monoisotopic (exact) mass is 386 g/mol. The lowest BCUT2D eigenvalue weighted by atomic mass is 10.2. The van der Waals surface area contributed by atoms with E-state index < -0.39 is 0 Å². The van der Waals surface area contributed by atoms with Crippen molar-refractivity contribution in [1.82, 2.24) is 15.0 Å². The van der Waals surface area contributed by atoms with E-state index in [1.165, 1.54) is 6.20 Å². The first-order chi connectivity index (χ1) is 13.6. The lowest BCUT2D eigenvalue weighted by Crippen LogP contribution is -2.24. The number of aliphatic hydroxyl groups excluding tert-OH is 1. The summed E-state index contributed by atoms with van der Waals surface area (Å²) in [6, 6.07) is 4.96. The Balaban J connectivity index is 2.16. The molecule has 0 saturated heterocycles. The molecule has 0 aliphatic heterocycles. The molecule has 0 aliphatic rings. The largest absolute Gasteiger partial charge is 0.482 e. The van der Waals surface area contributed by atoms with Gasteiger partial charge < -0.3 is 26.3 Å². The van der Waals surface area contributed by atoms with Crippen LogP contribution in [0.1, 0.15) is 48.2 Å². The number of pyridine rings is 1. The van der Waals surface area contributed by atoms with Gasteiger partial charge in [-0.1, -0.05) is 19.4 Å². The highest BCUT2D eigenvalue weighted by molar-refractivity contribution is 5.94. The molecular weight excluding hydrogens is 360 g/mol. The molecule has 2 aromatic heterocycles. The molecule has 2 heterocycles. The van der Waals surface area contributed by atoms with Crippen LogP contribution in [0.25, 0.3) is 0 Å². The third kappa shape index (κ3) is 6.07. The maximum absolute atomic E-state index is 12.0. The fraction of sp³-hybridized carbons (Fsp3) is 0.421. The Bertz CT molecular complexity index is 799. The van der Waals surface area contributed by atoms with Gasteiger partial charge in [0, 0.05) is 6.42 Å². The lowest BCUT2D eigenvalue weighted by molar-refractivity contribution is 0.0980. The van der Waals surface area contributed by atoms with Crippen LogP contribution in [0.5, 0.6) is 5.75 Å². The molecule has 0 saturated carbocycles. The van der Waals surface area contributed by atoms with Crippen molar-refractivity contribution in [3.63, 3.8) is 0 Å². The minimum Gasteiger partial charge on any atom is -0.482 e. The number of nitrogens with zero attached hydrogens (tertiary/aromatic N) is 3. The van der Waals surface area contributed by atoms with Crippen LogP contribution in [0.3, 0.4) is 0 Å². The number of carbonyl (C=O) groups is 1. The Morgan fingerprint density at radius 3 is 2.93 bits per heavy atom. The molecule has 9 heteroatoms. The van der Waals surface area contributed by atoms with Crippen molar-refractivity contribution in [3.8, 4) is 5.75 Å². The van der Waals surface area contributed by atoms with Gasteiger partial charge in [0.05, 0.1) is 30.8 Å². The van der Waals surface area contributed by atoms with Crippen molar-refractivity contribution in [3.05, 3.63) is 41.6 Å². The average molecular weight is 386 g/mol. The second kappa shape index (κ2) is 11.1. The summed E-state index contributed by atoms with van der Waals surface area (Å²) in [5.74, 6) is 0.892. The maximum Gasteiger partial charge on any atom is 0.182 e. The molecule has 0 aliphatic carbocycles. The van der Waals surface area contributed by atoms with E-state index in [9.17, 15) is 9.90 Å². The fourth-order valence-electron chi connectivity index (χ4n) is 2.54. The quantitative estimate of drug-likeness (QED) is 0.317. The minimum atomic E-state index is -0.184. The number of hydrogen-bond acceptors (Lipinski definition) is 9. The summed E-state index contributed by atoms with van der Waals surface area (Å²) < 4.78 is 5.80. The highest BCUT2D eigenvalue weighted by Crippen LogP contribution is 2.23. The number of anilines is 1.